The van der Waals surface area contributed by atoms with Crippen LogP contribution in [0.3, 0.4) is 0 Å². The minimum Gasteiger partial charge on any atom is -0.494 e. The molecule has 50 heavy (non-hydrogen) atoms. The maximum absolute atomic E-state index is 11.6. The predicted octanol–water partition coefficient (Wildman–Crippen LogP) is 6.62. The Balaban J connectivity index is 0.000000316. The minimum atomic E-state index is -0.436. The number of ether oxygens (including phenoxy) is 3. The van der Waals surface area contributed by atoms with Crippen LogP contribution in [0.1, 0.15) is 59.3 Å². The summed E-state index contributed by atoms with van der Waals surface area (Å²) in [4.78, 5) is 25.9. The molecule has 2 aromatic rings. The molecule has 274 valence electrons. The molecule has 1 amide bonds. The molecule has 0 unspecified atom stereocenters. The molecular formula is C39H59N7O4. The summed E-state index contributed by atoms with van der Waals surface area (Å²) in [5.41, 5.74) is 0.864. The Morgan fingerprint density at radius 1 is 0.680 bits per heavy atom. The number of rotatable bonds is 17. The molecule has 4 rings (SSSR count). The molecular weight excluding hydrogens is 630 g/mol. The van der Waals surface area contributed by atoms with Crippen LogP contribution in [0.2, 0.25) is 0 Å². The van der Waals surface area contributed by atoms with Crippen LogP contribution in [0, 0.1) is 13.1 Å². The second kappa shape index (κ2) is 23.5. The van der Waals surface area contributed by atoms with Gasteiger partial charge in [0.2, 0.25) is 0 Å². The third-order valence-electron chi connectivity index (χ3n) is 8.45. The number of carbonyl (C=O) groups is 1. The molecule has 0 aliphatic carbocycles. The van der Waals surface area contributed by atoms with E-state index in [0.29, 0.717) is 24.5 Å². The van der Waals surface area contributed by atoms with Gasteiger partial charge in [0.15, 0.2) is 11.4 Å². The summed E-state index contributed by atoms with van der Waals surface area (Å²) in [5.74, 6) is 1.69. The van der Waals surface area contributed by atoms with Gasteiger partial charge in [0, 0.05) is 72.0 Å². The van der Waals surface area contributed by atoms with Gasteiger partial charge >= 0.3 is 6.09 Å². The first-order valence-electron chi connectivity index (χ1n) is 18.3. The van der Waals surface area contributed by atoms with Crippen molar-refractivity contribution in [2.45, 2.75) is 64.9 Å². The lowest BCUT2D eigenvalue weighted by molar-refractivity contribution is 0.0527. The van der Waals surface area contributed by atoms with E-state index < -0.39 is 5.60 Å². The first-order chi connectivity index (χ1) is 24.2. The molecule has 0 atom stereocenters. The fourth-order valence-electron chi connectivity index (χ4n) is 5.68. The number of alkyl carbamates (subject to hydrolysis) is 1. The highest BCUT2D eigenvalue weighted by molar-refractivity contribution is 5.67. The summed E-state index contributed by atoms with van der Waals surface area (Å²) in [6.07, 6.45) is 6.29. The highest BCUT2D eigenvalue weighted by atomic mass is 16.6. The highest BCUT2D eigenvalue weighted by Gasteiger charge is 2.17. The number of carbonyl (C=O) groups excluding carboxylic acids is 1. The van der Waals surface area contributed by atoms with Crippen molar-refractivity contribution in [3.05, 3.63) is 71.4 Å². The van der Waals surface area contributed by atoms with E-state index in [-0.39, 0.29) is 6.09 Å². The Morgan fingerprint density at radius 3 is 1.58 bits per heavy atom. The predicted molar refractivity (Wildman–Crippen MR) is 201 cm³/mol. The van der Waals surface area contributed by atoms with Crippen molar-refractivity contribution in [3.63, 3.8) is 0 Å². The van der Waals surface area contributed by atoms with Crippen molar-refractivity contribution in [2.75, 3.05) is 91.8 Å². The molecule has 2 heterocycles. The number of nitrogens with one attached hydrogen (secondary N) is 2. The second-order valence-corrected chi connectivity index (χ2v) is 13.7. The average molecular weight is 690 g/mol. The fourth-order valence-corrected chi connectivity index (χ4v) is 5.68. The maximum Gasteiger partial charge on any atom is 0.407 e. The van der Waals surface area contributed by atoms with Gasteiger partial charge in [-0.2, -0.15) is 0 Å². The number of hydrogen-bond donors (Lipinski definition) is 2. The Kier molecular flexibility index (Phi) is 19.1. The van der Waals surface area contributed by atoms with E-state index in [1.165, 1.54) is 12.8 Å². The zero-order valence-corrected chi connectivity index (χ0v) is 30.6. The van der Waals surface area contributed by atoms with Gasteiger partial charge in [-0.15, -0.1) is 0 Å². The van der Waals surface area contributed by atoms with E-state index in [1.807, 2.05) is 45.0 Å². The average Bonchev–Trinajstić information content (AvgIpc) is 3.12. The van der Waals surface area contributed by atoms with Crippen molar-refractivity contribution in [1.82, 2.24) is 25.3 Å². The van der Waals surface area contributed by atoms with E-state index in [2.05, 4.69) is 35.0 Å². The summed E-state index contributed by atoms with van der Waals surface area (Å²) in [7, 11) is 0. The van der Waals surface area contributed by atoms with Gasteiger partial charge in [0.05, 0.1) is 26.4 Å². The molecule has 2 fully saturated rings. The van der Waals surface area contributed by atoms with Gasteiger partial charge in [0.1, 0.15) is 17.1 Å². The Hall–Kier alpha value is -3.87. The van der Waals surface area contributed by atoms with Gasteiger partial charge in [-0.05, 0) is 77.3 Å². The Bertz CT molecular complexity index is 1290. The summed E-state index contributed by atoms with van der Waals surface area (Å²) in [6, 6.07) is 14.6. The largest absolute Gasteiger partial charge is 0.494 e. The number of benzene rings is 2. The fraction of sp³-hybridized carbons (Fsp3) is 0.615. The summed E-state index contributed by atoms with van der Waals surface area (Å²) in [6.45, 7) is 33.9. The standard InChI is InChI=1S/C25H40N4O3.C14H19N3O/c1-25(2,3)32-24(30)27-14-7-5-6-8-15-28-17-19-29(20-18-28)16-9-21-31-23-12-10-22(26-4)11-13-23;1-15-13-3-5-14(6-4-13)18-12-2-9-17-10-7-16-8-11-17/h10-13H,5-9,14-21H2,1-3H3,(H,27,30);3-6,16H,2,7-12H2. The number of nitrogens with zero attached hydrogens (tertiary/aromatic N) is 5. The zero-order valence-electron chi connectivity index (χ0n) is 30.6. The van der Waals surface area contributed by atoms with Gasteiger partial charge in [-0.25, -0.2) is 14.5 Å². The van der Waals surface area contributed by atoms with Crippen molar-refractivity contribution < 1.29 is 19.0 Å². The minimum absolute atomic E-state index is 0.322. The summed E-state index contributed by atoms with van der Waals surface area (Å²) < 4.78 is 16.7. The summed E-state index contributed by atoms with van der Waals surface area (Å²) >= 11 is 0. The van der Waals surface area contributed by atoms with E-state index in [0.717, 1.165) is 116 Å². The van der Waals surface area contributed by atoms with Gasteiger partial charge in [-0.1, -0.05) is 37.1 Å². The smallest absolute Gasteiger partial charge is 0.407 e. The van der Waals surface area contributed by atoms with E-state index >= 15 is 0 Å². The van der Waals surface area contributed by atoms with Crippen LogP contribution in [0.15, 0.2) is 48.5 Å². The quantitative estimate of drug-likeness (QED) is 0.142. The lowest BCUT2D eigenvalue weighted by atomic mass is 10.1. The molecule has 2 saturated heterocycles. The Labute approximate surface area is 300 Å². The van der Waals surface area contributed by atoms with Gasteiger partial charge in [-0.3, -0.25) is 0 Å². The van der Waals surface area contributed by atoms with E-state index in [9.17, 15) is 4.79 Å². The number of piperazine rings is 2. The number of amides is 1. The van der Waals surface area contributed by atoms with Crippen LogP contribution >= 0.6 is 0 Å². The van der Waals surface area contributed by atoms with Gasteiger partial charge < -0.3 is 39.5 Å². The third kappa shape index (κ3) is 18.2. The van der Waals surface area contributed by atoms with Crippen molar-refractivity contribution in [1.29, 1.82) is 0 Å². The van der Waals surface area contributed by atoms with Crippen LogP contribution in [0.5, 0.6) is 11.5 Å². The van der Waals surface area contributed by atoms with Crippen molar-refractivity contribution in [3.8, 4) is 11.5 Å². The number of hydrogen-bond acceptors (Lipinski definition) is 8. The van der Waals surface area contributed by atoms with E-state index in [1.54, 1.807) is 24.3 Å². The normalized spacial score (nSPS) is 15.5. The summed E-state index contributed by atoms with van der Waals surface area (Å²) in [5, 5.41) is 6.17. The molecule has 2 aliphatic rings. The first kappa shape index (κ1) is 40.6. The monoisotopic (exact) mass is 689 g/mol. The lowest BCUT2D eigenvalue weighted by Gasteiger charge is -2.34. The molecule has 0 radical (unpaired) electrons. The van der Waals surface area contributed by atoms with Crippen molar-refractivity contribution in [2.24, 2.45) is 0 Å². The molecule has 2 N–H and O–H groups in total. The van der Waals surface area contributed by atoms with E-state index in [4.69, 9.17) is 27.4 Å². The van der Waals surface area contributed by atoms with Gasteiger partial charge in [0.25, 0.3) is 0 Å². The molecule has 0 aromatic heterocycles. The molecule has 2 aromatic carbocycles. The molecule has 11 nitrogen and oxygen atoms in total. The first-order valence-corrected chi connectivity index (χ1v) is 18.3. The molecule has 0 bridgehead atoms. The molecule has 0 saturated carbocycles. The topological polar surface area (TPSA) is 87.3 Å². The molecule has 11 heteroatoms. The van der Waals surface area contributed by atoms with Crippen LogP contribution < -0.4 is 20.1 Å². The highest BCUT2D eigenvalue weighted by Crippen LogP contribution is 2.19. The van der Waals surface area contributed by atoms with Crippen LogP contribution in [-0.4, -0.2) is 118 Å². The molecule has 2 aliphatic heterocycles. The lowest BCUT2D eigenvalue weighted by Crippen LogP contribution is -2.46. The zero-order chi connectivity index (χ0) is 35.9. The molecule has 0 spiro atoms. The SMILES string of the molecule is [C-]#[N+]c1ccc(OCCCN2CCN(CCCCCCNC(=O)OC(C)(C)C)CC2)cc1.[C-]#[N+]c1ccc(OCCCN2CCNCC2)cc1. The Morgan fingerprint density at radius 2 is 1.12 bits per heavy atom. The van der Waals surface area contributed by atoms with Crippen LogP contribution in [-0.2, 0) is 4.74 Å². The second-order valence-electron chi connectivity index (χ2n) is 13.7. The number of unbranched alkanes of at least 4 members (excludes halogenated alkanes) is 3. The van der Waals surface area contributed by atoms with Crippen LogP contribution in [0.4, 0.5) is 16.2 Å². The maximum atomic E-state index is 11.6. The third-order valence-corrected chi connectivity index (χ3v) is 8.45. The van der Waals surface area contributed by atoms with Crippen molar-refractivity contribution >= 4 is 17.5 Å². The van der Waals surface area contributed by atoms with Crippen LogP contribution in [0.25, 0.3) is 9.69 Å².